The predicted molar refractivity (Wildman–Crippen MR) is 74.9 cm³/mol. The quantitative estimate of drug-likeness (QED) is 0.844. The number of nitrogens with one attached hydrogen (secondary N) is 1. The normalized spacial score (nSPS) is 13.3. The highest BCUT2D eigenvalue weighted by Gasteiger charge is 2.34. The van der Waals surface area contributed by atoms with Gasteiger partial charge in [0.15, 0.2) is 0 Å². The van der Waals surface area contributed by atoms with Crippen molar-refractivity contribution in [2.45, 2.75) is 32.0 Å². The molecule has 0 amide bonds. The molecule has 0 radical (unpaired) electrons. The van der Waals surface area contributed by atoms with E-state index in [1.54, 1.807) is 18.4 Å². The van der Waals surface area contributed by atoms with Crippen molar-refractivity contribution in [3.8, 4) is 0 Å². The van der Waals surface area contributed by atoms with Crippen LogP contribution in [0.4, 0.5) is 13.2 Å². The van der Waals surface area contributed by atoms with Gasteiger partial charge in [0, 0.05) is 12.5 Å². The van der Waals surface area contributed by atoms with Gasteiger partial charge in [-0.1, -0.05) is 25.1 Å². The SMILES string of the molecule is CCNC(CCc1ccco1)c1ccccc1C(F)(F)F. The van der Waals surface area contributed by atoms with Gasteiger partial charge in [0.2, 0.25) is 0 Å². The first-order valence-electron chi connectivity index (χ1n) is 6.94. The van der Waals surface area contributed by atoms with E-state index in [-0.39, 0.29) is 6.04 Å². The van der Waals surface area contributed by atoms with Gasteiger partial charge in [-0.2, -0.15) is 13.2 Å². The monoisotopic (exact) mass is 297 g/mol. The standard InChI is InChI=1S/C16H18F3NO/c1-2-20-15(10-9-12-6-5-11-21-12)13-7-3-4-8-14(13)16(17,18)19/h3-8,11,15,20H,2,9-10H2,1H3. The summed E-state index contributed by atoms with van der Waals surface area (Å²) < 4.78 is 44.6. The van der Waals surface area contributed by atoms with Crippen LogP contribution < -0.4 is 5.32 Å². The fourth-order valence-electron chi connectivity index (χ4n) is 2.41. The molecule has 1 aromatic carbocycles. The predicted octanol–water partition coefficient (Wildman–Crippen LogP) is 4.58. The molecule has 0 aliphatic carbocycles. The average molecular weight is 297 g/mol. The summed E-state index contributed by atoms with van der Waals surface area (Å²) in [6.07, 6.45) is -1.62. The molecule has 114 valence electrons. The fourth-order valence-corrected chi connectivity index (χ4v) is 2.41. The van der Waals surface area contributed by atoms with Gasteiger partial charge in [0.25, 0.3) is 0 Å². The molecule has 1 aromatic heterocycles. The van der Waals surface area contributed by atoms with Crippen LogP contribution in [0.2, 0.25) is 0 Å². The zero-order valence-corrected chi connectivity index (χ0v) is 11.8. The van der Waals surface area contributed by atoms with Crippen LogP contribution in [0.5, 0.6) is 0 Å². The number of benzene rings is 1. The molecule has 1 heterocycles. The maximum atomic E-state index is 13.1. The summed E-state index contributed by atoms with van der Waals surface area (Å²) in [6.45, 7) is 2.49. The minimum atomic E-state index is -4.34. The van der Waals surface area contributed by atoms with Crippen molar-refractivity contribution >= 4 is 0 Å². The lowest BCUT2D eigenvalue weighted by molar-refractivity contribution is -0.138. The van der Waals surface area contributed by atoms with E-state index in [2.05, 4.69) is 5.32 Å². The molecule has 1 N–H and O–H groups in total. The maximum Gasteiger partial charge on any atom is 0.416 e. The van der Waals surface area contributed by atoms with Crippen molar-refractivity contribution < 1.29 is 17.6 Å². The van der Waals surface area contributed by atoms with Crippen LogP contribution in [0.15, 0.2) is 47.1 Å². The van der Waals surface area contributed by atoms with Gasteiger partial charge >= 0.3 is 6.18 Å². The molecule has 0 aliphatic heterocycles. The number of hydrogen-bond acceptors (Lipinski definition) is 2. The number of alkyl halides is 3. The Balaban J connectivity index is 2.21. The lowest BCUT2D eigenvalue weighted by Gasteiger charge is -2.22. The Morgan fingerprint density at radius 1 is 1.14 bits per heavy atom. The van der Waals surface area contributed by atoms with Crippen LogP contribution in [0.3, 0.4) is 0 Å². The third-order valence-electron chi connectivity index (χ3n) is 3.35. The Labute approximate surface area is 122 Å². The summed E-state index contributed by atoms with van der Waals surface area (Å²) in [4.78, 5) is 0. The van der Waals surface area contributed by atoms with Gasteiger partial charge in [-0.3, -0.25) is 0 Å². The molecular weight excluding hydrogens is 279 g/mol. The largest absolute Gasteiger partial charge is 0.469 e. The Morgan fingerprint density at radius 2 is 1.90 bits per heavy atom. The lowest BCUT2D eigenvalue weighted by Crippen LogP contribution is -2.24. The van der Waals surface area contributed by atoms with Crippen molar-refractivity contribution in [2.24, 2.45) is 0 Å². The number of aryl methyl sites for hydroxylation is 1. The minimum absolute atomic E-state index is 0.290. The molecule has 2 rings (SSSR count). The Bertz CT molecular complexity index is 549. The van der Waals surface area contributed by atoms with Crippen molar-refractivity contribution in [3.63, 3.8) is 0 Å². The summed E-state index contributed by atoms with van der Waals surface area (Å²) in [5.74, 6) is 0.780. The third-order valence-corrected chi connectivity index (χ3v) is 3.35. The lowest BCUT2D eigenvalue weighted by atomic mass is 9.96. The third kappa shape index (κ3) is 4.11. The van der Waals surface area contributed by atoms with Crippen molar-refractivity contribution in [2.75, 3.05) is 6.54 Å². The molecule has 5 heteroatoms. The molecule has 21 heavy (non-hydrogen) atoms. The van der Waals surface area contributed by atoms with Crippen molar-refractivity contribution in [3.05, 3.63) is 59.5 Å². The van der Waals surface area contributed by atoms with E-state index in [0.29, 0.717) is 24.9 Å². The van der Waals surface area contributed by atoms with Crippen LogP contribution in [-0.4, -0.2) is 6.54 Å². The van der Waals surface area contributed by atoms with Gasteiger partial charge in [-0.25, -0.2) is 0 Å². The molecule has 2 nitrogen and oxygen atoms in total. The Morgan fingerprint density at radius 3 is 2.52 bits per heavy atom. The summed E-state index contributed by atoms with van der Waals surface area (Å²) in [7, 11) is 0. The van der Waals surface area contributed by atoms with E-state index in [4.69, 9.17) is 4.42 Å². The second-order valence-corrected chi connectivity index (χ2v) is 4.81. The van der Waals surface area contributed by atoms with Crippen LogP contribution >= 0.6 is 0 Å². The molecule has 2 aromatic rings. The second kappa shape index (κ2) is 6.80. The Hall–Kier alpha value is -1.75. The van der Waals surface area contributed by atoms with Crippen LogP contribution in [-0.2, 0) is 12.6 Å². The number of halogens is 3. The maximum absolute atomic E-state index is 13.1. The number of furan rings is 1. The highest BCUT2D eigenvalue weighted by atomic mass is 19.4. The zero-order chi connectivity index (χ0) is 15.3. The summed E-state index contributed by atoms with van der Waals surface area (Å²) in [5.41, 5.74) is -0.284. The molecule has 1 atom stereocenters. The van der Waals surface area contributed by atoms with Crippen LogP contribution in [0.25, 0.3) is 0 Å². The van der Waals surface area contributed by atoms with E-state index in [1.165, 1.54) is 12.1 Å². The molecule has 1 unspecified atom stereocenters. The summed E-state index contributed by atoms with van der Waals surface area (Å²) in [6, 6.07) is 8.99. The molecular formula is C16H18F3NO. The van der Waals surface area contributed by atoms with E-state index in [1.807, 2.05) is 13.0 Å². The zero-order valence-electron chi connectivity index (χ0n) is 11.8. The van der Waals surface area contributed by atoms with Gasteiger partial charge in [-0.05, 0) is 36.7 Å². The van der Waals surface area contributed by atoms with E-state index in [0.717, 1.165) is 11.8 Å². The first-order chi connectivity index (χ1) is 10.0. The summed E-state index contributed by atoms with van der Waals surface area (Å²) in [5, 5.41) is 3.13. The van der Waals surface area contributed by atoms with Gasteiger partial charge in [-0.15, -0.1) is 0 Å². The molecule has 0 aliphatic rings. The van der Waals surface area contributed by atoms with Gasteiger partial charge in [0.05, 0.1) is 11.8 Å². The average Bonchev–Trinajstić information content (AvgIpc) is 2.96. The molecule has 0 bridgehead atoms. The summed E-state index contributed by atoms with van der Waals surface area (Å²) >= 11 is 0. The molecule has 0 saturated carbocycles. The first-order valence-corrected chi connectivity index (χ1v) is 6.94. The van der Waals surface area contributed by atoms with Crippen LogP contribution in [0, 0.1) is 0 Å². The van der Waals surface area contributed by atoms with Crippen molar-refractivity contribution in [1.82, 2.24) is 5.32 Å². The Kier molecular flexibility index (Phi) is 5.07. The molecule has 0 spiro atoms. The van der Waals surface area contributed by atoms with E-state index >= 15 is 0 Å². The van der Waals surface area contributed by atoms with E-state index < -0.39 is 11.7 Å². The first kappa shape index (κ1) is 15.6. The highest BCUT2D eigenvalue weighted by molar-refractivity contribution is 5.32. The van der Waals surface area contributed by atoms with Crippen molar-refractivity contribution in [1.29, 1.82) is 0 Å². The topological polar surface area (TPSA) is 25.2 Å². The van der Waals surface area contributed by atoms with Gasteiger partial charge in [0.1, 0.15) is 5.76 Å². The molecule has 0 saturated heterocycles. The van der Waals surface area contributed by atoms with Gasteiger partial charge < -0.3 is 9.73 Å². The fraction of sp³-hybridized carbons (Fsp3) is 0.375. The number of rotatable bonds is 6. The molecule has 0 fully saturated rings. The van der Waals surface area contributed by atoms with Crippen LogP contribution in [0.1, 0.15) is 36.3 Å². The minimum Gasteiger partial charge on any atom is -0.469 e. The van der Waals surface area contributed by atoms with E-state index in [9.17, 15) is 13.2 Å². The smallest absolute Gasteiger partial charge is 0.416 e. The second-order valence-electron chi connectivity index (χ2n) is 4.81. The number of hydrogen-bond donors (Lipinski definition) is 1. The highest BCUT2D eigenvalue weighted by Crippen LogP contribution is 2.35.